The van der Waals surface area contributed by atoms with Crippen molar-refractivity contribution in [2.75, 3.05) is 0 Å². The van der Waals surface area contributed by atoms with Gasteiger partial charge >= 0.3 is 0 Å². The second-order valence-electron chi connectivity index (χ2n) is 7.89. The third-order valence-corrected chi connectivity index (χ3v) is 4.68. The van der Waals surface area contributed by atoms with Gasteiger partial charge in [0, 0.05) is 6.42 Å². The molecule has 0 fully saturated rings. The summed E-state index contributed by atoms with van der Waals surface area (Å²) in [5, 5.41) is 3.17. The van der Waals surface area contributed by atoms with Crippen molar-refractivity contribution in [3.05, 3.63) is 70.8 Å². The van der Waals surface area contributed by atoms with E-state index < -0.39 is 0 Å². The number of rotatable bonds is 6. The minimum Gasteiger partial charge on any atom is -0.349 e. The molecule has 0 radical (unpaired) electrons. The Balaban J connectivity index is 1.90. The van der Waals surface area contributed by atoms with Gasteiger partial charge in [0.1, 0.15) is 0 Å². The molecule has 0 aliphatic carbocycles. The molecular formula is C23H31NO. The third kappa shape index (κ3) is 5.74. The van der Waals surface area contributed by atoms with E-state index in [1.807, 2.05) is 0 Å². The van der Waals surface area contributed by atoms with Gasteiger partial charge in [0.25, 0.3) is 0 Å². The monoisotopic (exact) mass is 337 g/mol. The molecule has 0 aromatic heterocycles. The molecular weight excluding hydrogens is 306 g/mol. The van der Waals surface area contributed by atoms with E-state index in [9.17, 15) is 4.79 Å². The van der Waals surface area contributed by atoms with Crippen LogP contribution in [0.2, 0.25) is 0 Å². The van der Waals surface area contributed by atoms with Gasteiger partial charge in [-0.2, -0.15) is 0 Å². The average molecular weight is 338 g/mol. The molecule has 1 amide bonds. The fraction of sp³-hybridized carbons (Fsp3) is 0.435. The summed E-state index contributed by atoms with van der Waals surface area (Å²) in [7, 11) is 0. The summed E-state index contributed by atoms with van der Waals surface area (Å²) < 4.78 is 0. The first-order valence-corrected chi connectivity index (χ1v) is 9.25. The summed E-state index contributed by atoms with van der Waals surface area (Å²) in [6, 6.07) is 17.1. The predicted molar refractivity (Wildman–Crippen MR) is 106 cm³/mol. The number of amides is 1. The second kappa shape index (κ2) is 8.33. The highest BCUT2D eigenvalue weighted by atomic mass is 16.1. The molecule has 0 bridgehead atoms. The average Bonchev–Trinajstić information content (AvgIpc) is 2.58. The van der Waals surface area contributed by atoms with Crippen LogP contribution in [0.1, 0.15) is 68.8 Å². The molecule has 0 heterocycles. The van der Waals surface area contributed by atoms with Crippen molar-refractivity contribution in [2.45, 2.75) is 65.3 Å². The van der Waals surface area contributed by atoms with Gasteiger partial charge in [-0.05, 0) is 41.9 Å². The van der Waals surface area contributed by atoms with Crippen molar-refractivity contribution in [3.63, 3.8) is 0 Å². The van der Waals surface area contributed by atoms with Crippen LogP contribution in [0.4, 0.5) is 0 Å². The molecule has 1 atom stereocenters. The molecule has 2 heteroatoms. The van der Waals surface area contributed by atoms with E-state index in [2.05, 4.69) is 88.5 Å². The summed E-state index contributed by atoms with van der Waals surface area (Å²) in [6.07, 6.45) is 2.20. The normalized spacial score (nSPS) is 12.7. The third-order valence-electron chi connectivity index (χ3n) is 4.68. The van der Waals surface area contributed by atoms with E-state index in [1.54, 1.807) is 0 Å². The summed E-state index contributed by atoms with van der Waals surface area (Å²) in [5.41, 5.74) is 5.12. The molecule has 25 heavy (non-hydrogen) atoms. The van der Waals surface area contributed by atoms with Crippen LogP contribution in [0.15, 0.2) is 48.5 Å². The SMILES string of the molecule is CCC(NC(=O)CCc1ccc(C(C)(C)C)cc1)c1ccc(C)cc1. The Morgan fingerprint density at radius 1 is 1.00 bits per heavy atom. The Hall–Kier alpha value is -2.09. The molecule has 2 aromatic carbocycles. The lowest BCUT2D eigenvalue weighted by atomic mass is 9.86. The van der Waals surface area contributed by atoms with E-state index in [4.69, 9.17) is 0 Å². The quantitative estimate of drug-likeness (QED) is 0.741. The number of carbonyl (C=O) groups is 1. The van der Waals surface area contributed by atoms with Crippen molar-refractivity contribution >= 4 is 5.91 Å². The first-order chi connectivity index (χ1) is 11.8. The molecule has 2 rings (SSSR count). The van der Waals surface area contributed by atoms with E-state index in [1.165, 1.54) is 22.3 Å². The minimum atomic E-state index is 0.0939. The number of aryl methyl sites for hydroxylation is 2. The molecule has 0 saturated carbocycles. The number of benzene rings is 2. The number of hydrogen-bond acceptors (Lipinski definition) is 1. The van der Waals surface area contributed by atoms with E-state index in [-0.39, 0.29) is 17.4 Å². The van der Waals surface area contributed by atoms with Gasteiger partial charge in [-0.1, -0.05) is 81.8 Å². The Morgan fingerprint density at radius 3 is 2.12 bits per heavy atom. The smallest absolute Gasteiger partial charge is 0.220 e. The Morgan fingerprint density at radius 2 is 1.60 bits per heavy atom. The van der Waals surface area contributed by atoms with Gasteiger partial charge in [-0.25, -0.2) is 0 Å². The predicted octanol–water partition coefficient (Wildman–Crippen LogP) is 5.49. The maximum absolute atomic E-state index is 12.3. The Labute approximate surface area is 152 Å². The zero-order chi connectivity index (χ0) is 18.4. The summed E-state index contributed by atoms with van der Waals surface area (Å²) >= 11 is 0. The number of hydrogen-bond donors (Lipinski definition) is 1. The van der Waals surface area contributed by atoms with Gasteiger partial charge in [0.2, 0.25) is 5.91 Å². The fourth-order valence-corrected chi connectivity index (χ4v) is 2.92. The summed E-state index contributed by atoms with van der Waals surface area (Å²) in [6.45, 7) is 10.8. The zero-order valence-electron chi connectivity index (χ0n) is 16.2. The summed E-state index contributed by atoms with van der Waals surface area (Å²) in [5.74, 6) is 0.118. The Kier molecular flexibility index (Phi) is 6.41. The van der Waals surface area contributed by atoms with Gasteiger partial charge in [-0.3, -0.25) is 4.79 Å². The molecule has 0 aliphatic rings. The van der Waals surface area contributed by atoms with Crippen LogP contribution in [0.25, 0.3) is 0 Å². The van der Waals surface area contributed by atoms with Crippen molar-refractivity contribution in [3.8, 4) is 0 Å². The molecule has 134 valence electrons. The van der Waals surface area contributed by atoms with Crippen molar-refractivity contribution in [1.29, 1.82) is 0 Å². The highest BCUT2D eigenvalue weighted by Crippen LogP contribution is 2.22. The first-order valence-electron chi connectivity index (χ1n) is 9.25. The zero-order valence-corrected chi connectivity index (χ0v) is 16.2. The first kappa shape index (κ1) is 19.2. The minimum absolute atomic E-state index is 0.0939. The van der Waals surface area contributed by atoms with Crippen LogP contribution < -0.4 is 5.32 Å². The van der Waals surface area contributed by atoms with Crippen LogP contribution in [-0.2, 0) is 16.6 Å². The largest absolute Gasteiger partial charge is 0.349 e. The van der Waals surface area contributed by atoms with Crippen molar-refractivity contribution in [2.24, 2.45) is 0 Å². The van der Waals surface area contributed by atoms with Crippen LogP contribution in [0.5, 0.6) is 0 Å². The molecule has 1 unspecified atom stereocenters. The summed E-state index contributed by atoms with van der Waals surface area (Å²) in [4.78, 5) is 12.3. The standard InChI is InChI=1S/C23H31NO/c1-6-21(19-12-7-17(2)8-13-19)24-22(25)16-11-18-9-14-20(15-10-18)23(3,4)5/h7-10,12-15,21H,6,11,16H2,1-5H3,(H,24,25). The van der Waals surface area contributed by atoms with Crippen LogP contribution in [0, 0.1) is 6.92 Å². The lowest BCUT2D eigenvalue weighted by Gasteiger charge is -2.19. The topological polar surface area (TPSA) is 29.1 Å². The molecule has 1 N–H and O–H groups in total. The van der Waals surface area contributed by atoms with Crippen LogP contribution >= 0.6 is 0 Å². The fourth-order valence-electron chi connectivity index (χ4n) is 2.92. The van der Waals surface area contributed by atoms with E-state index in [0.29, 0.717) is 6.42 Å². The molecule has 0 aliphatic heterocycles. The van der Waals surface area contributed by atoms with Gasteiger partial charge in [0.15, 0.2) is 0 Å². The van der Waals surface area contributed by atoms with E-state index in [0.717, 1.165) is 12.8 Å². The molecule has 0 saturated heterocycles. The maximum atomic E-state index is 12.3. The lowest BCUT2D eigenvalue weighted by molar-refractivity contribution is -0.121. The molecule has 2 aromatic rings. The molecule has 0 spiro atoms. The lowest BCUT2D eigenvalue weighted by Crippen LogP contribution is -2.28. The maximum Gasteiger partial charge on any atom is 0.220 e. The van der Waals surface area contributed by atoms with Crippen LogP contribution in [0.3, 0.4) is 0 Å². The molecule has 2 nitrogen and oxygen atoms in total. The highest BCUT2D eigenvalue weighted by Gasteiger charge is 2.14. The number of carbonyl (C=O) groups excluding carboxylic acids is 1. The van der Waals surface area contributed by atoms with Crippen LogP contribution in [-0.4, -0.2) is 5.91 Å². The van der Waals surface area contributed by atoms with E-state index >= 15 is 0 Å². The van der Waals surface area contributed by atoms with Crippen molar-refractivity contribution < 1.29 is 4.79 Å². The van der Waals surface area contributed by atoms with Gasteiger partial charge in [0.05, 0.1) is 6.04 Å². The second-order valence-corrected chi connectivity index (χ2v) is 7.89. The Bertz CT molecular complexity index is 678. The van der Waals surface area contributed by atoms with Gasteiger partial charge in [-0.15, -0.1) is 0 Å². The highest BCUT2D eigenvalue weighted by molar-refractivity contribution is 5.76. The van der Waals surface area contributed by atoms with Gasteiger partial charge < -0.3 is 5.32 Å². The number of nitrogens with one attached hydrogen (secondary N) is 1. The van der Waals surface area contributed by atoms with Crippen molar-refractivity contribution in [1.82, 2.24) is 5.32 Å².